The van der Waals surface area contributed by atoms with Crippen LogP contribution in [0.1, 0.15) is 18.4 Å². The van der Waals surface area contributed by atoms with Crippen molar-refractivity contribution < 1.29 is 0 Å². The summed E-state index contributed by atoms with van der Waals surface area (Å²) in [6.07, 6.45) is 2.02. The number of thioether (sulfide) groups is 1. The first-order valence-electron chi connectivity index (χ1n) is 5.80. The highest BCUT2D eigenvalue weighted by Crippen LogP contribution is 2.34. The number of benzene rings is 1. The van der Waals surface area contributed by atoms with Crippen LogP contribution < -0.4 is 11.1 Å². The number of nitrogens with one attached hydrogen (secondary N) is 1. The van der Waals surface area contributed by atoms with Gasteiger partial charge in [0.25, 0.3) is 0 Å². The monoisotopic (exact) mass is 279 g/mol. The standard InChI is InChI=1S/C13H17N3S2/c1-9(10-6-4-3-5-7-10)8-15-13-11(17-2)12(14)16-18-13/h3-7,9,15H,8H2,1-2H3,(H2,14,16). The minimum Gasteiger partial charge on any atom is -0.382 e. The molecule has 18 heavy (non-hydrogen) atoms. The number of hydrogen-bond donors (Lipinski definition) is 2. The topological polar surface area (TPSA) is 50.9 Å². The highest BCUT2D eigenvalue weighted by Gasteiger charge is 2.11. The molecular formula is C13H17N3S2. The van der Waals surface area contributed by atoms with E-state index in [2.05, 4.69) is 40.9 Å². The molecular weight excluding hydrogens is 262 g/mol. The predicted molar refractivity (Wildman–Crippen MR) is 81.7 cm³/mol. The largest absolute Gasteiger partial charge is 0.382 e. The van der Waals surface area contributed by atoms with Gasteiger partial charge in [-0.2, -0.15) is 4.37 Å². The van der Waals surface area contributed by atoms with Crippen LogP contribution in [0.25, 0.3) is 0 Å². The molecule has 1 aromatic carbocycles. The second kappa shape index (κ2) is 6.11. The van der Waals surface area contributed by atoms with Gasteiger partial charge in [0, 0.05) is 6.54 Å². The van der Waals surface area contributed by atoms with Gasteiger partial charge >= 0.3 is 0 Å². The zero-order chi connectivity index (χ0) is 13.0. The smallest absolute Gasteiger partial charge is 0.153 e. The van der Waals surface area contributed by atoms with Crippen LogP contribution in [0.3, 0.4) is 0 Å². The molecule has 0 aliphatic rings. The van der Waals surface area contributed by atoms with Gasteiger partial charge in [-0.05, 0) is 29.3 Å². The molecule has 0 spiro atoms. The van der Waals surface area contributed by atoms with E-state index in [9.17, 15) is 0 Å². The Morgan fingerprint density at radius 2 is 2.11 bits per heavy atom. The molecule has 0 fully saturated rings. The summed E-state index contributed by atoms with van der Waals surface area (Å²) < 4.78 is 4.17. The minimum absolute atomic E-state index is 0.462. The van der Waals surface area contributed by atoms with Gasteiger partial charge in [0.05, 0.1) is 4.90 Å². The van der Waals surface area contributed by atoms with Crippen LogP contribution in [0.15, 0.2) is 35.2 Å². The Morgan fingerprint density at radius 3 is 2.78 bits per heavy atom. The van der Waals surface area contributed by atoms with Crippen LogP contribution in [-0.2, 0) is 0 Å². The Bertz CT molecular complexity index is 496. The van der Waals surface area contributed by atoms with Gasteiger partial charge in [-0.15, -0.1) is 11.8 Å². The number of hydrogen-bond acceptors (Lipinski definition) is 5. The molecule has 5 heteroatoms. The van der Waals surface area contributed by atoms with Crippen LogP contribution in [0.5, 0.6) is 0 Å². The van der Waals surface area contributed by atoms with Crippen LogP contribution in [0.2, 0.25) is 0 Å². The van der Waals surface area contributed by atoms with Crippen LogP contribution >= 0.6 is 23.3 Å². The summed E-state index contributed by atoms with van der Waals surface area (Å²) in [4.78, 5) is 1.06. The van der Waals surface area contributed by atoms with Gasteiger partial charge in [-0.1, -0.05) is 37.3 Å². The van der Waals surface area contributed by atoms with E-state index in [0.29, 0.717) is 11.7 Å². The number of rotatable bonds is 5. The van der Waals surface area contributed by atoms with Gasteiger partial charge in [0.15, 0.2) is 5.82 Å². The summed E-state index contributed by atoms with van der Waals surface area (Å²) in [5.41, 5.74) is 7.15. The third kappa shape index (κ3) is 2.97. The molecule has 0 aliphatic carbocycles. The van der Waals surface area contributed by atoms with Crippen molar-refractivity contribution in [1.82, 2.24) is 4.37 Å². The van der Waals surface area contributed by atoms with E-state index in [1.165, 1.54) is 17.1 Å². The number of nitrogen functional groups attached to an aromatic ring is 1. The average molecular weight is 279 g/mol. The molecule has 0 radical (unpaired) electrons. The van der Waals surface area contributed by atoms with Crippen molar-refractivity contribution in [2.24, 2.45) is 0 Å². The van der Waals surface area contributed by atoms with Crippen LogP contribution in [0, 0.1) is 0 Å². The fourth-order valence-electron chi connectivity index (χ4n) is 1.75. The number of anilines is 2. The molecule has 2 aromatic rings. The molecule has 1 heterocycles. The highest BCUT2D eigenvalue weighted by molar-refractivity contribution is 7.99. The number of aromatic nitrogens is 1. The van der Waals surface area contributed by atoms with E-state index in [1.807, 2.05) is 12.3 Å². The molecule has 2 rings (SSSR count). The van der Waals surface area contributed by atoms with E-state index < -0.39 is 0 Å². The number of nitrogens with two attached hydrogens (primary N) is 1. The summed E-state index contributed by atoms with van der Waals surface area (Å²) >= 11 is 3.07. The Morgan fingerprint density at radius 1 is 1.39 bits per heavy atom. The van der Waals surface area contributed by atoms with Crippen molar-refractivity contribution in [2.45, 2.75) is 17.7 Å². The third-order valence-electron chi connectivity index (χ3n) is 2.82. The Labute approximate surface area is 116 Å². The fraction of sp³-hybridized carbons (Fsp3) is 0.308. The first-order chi connectivity index (χ1) is 8.72. The summed E-state index contributed by atoms with van der Waals surface area (Å²) in [7, 11) is 0. The maximum absolute atomic E-state index is 5.81. The van der Waals surface area contributed by atoms with Gasteiger partial charge in [-0.25, -0.2) is 0 Å². The minimum atomic E-state index is 0.462. The van der Waals surface area contributed by atoms with Crippen molar-refractivity contribution in [2.75, 3.05) is 23.9 Å². The van der Waals surface area contributed by atoms with E-state index in [-0.39, 0.29) is 0 Å². The molecule has 0 saturated carbocycles. The summed E-state index contributed by atoms with van der Waals surface area (Å²) in [6.45, 7) is 3.10. The molecule has 1 atom stereocenters. The average Bonchev–Trinajstić information content (AvgIpc) is 2.77. The maximum atomic E-state index is 5.81. The maximum Gasteiger partial charge on any atom is 0.153 e. The molecule has 1 aromatic heterocycles. The summed E-state index contributed by atoms with van der Waals surface area (Å²) in [5.74, 6) is 1.09. The Hall–Kier alpha value is -1.20. The fourth-order valence-corrected chi connectivity index (χ4v) is 3.30. The van der Waals surface area contributed by atoms with Crippen molar-refractivity contribution in [3.05, 3.63) is 35.9 Å². The highest BCUT2D eigenvalue weighted by atomic mass is 32.2. The second-order valence-electron chi connectivity index (χ2n) is 4.12. The first kappa shape index (κ1) is 13.2. The van der Waals surface area contributed by atoms with Gasteiger partial charge in [0.1, 0.15) is 5.00 Å². The molecule has 1 unspecified atom stereocenters. The lowest BCUT2D eigenvalue weighted by Crippen LogP contribution is -2.09. The number of nitrogens with zero attached hydrogens (tertiary/aromatic N) is 1. The van der Waals surface area contributed by atoms with Crippen molar-refractivity contribution in [3.8, 4) is 0 Å². The lowest BCUT2D eigenvalue weighted by atomic mass is 10.0. The molecule has 96 valence electrons. The Kier molecular flexibility index (Phi) is 4.49. The Balaban J connectivity index is 1.99. The zero-order valence-corrected chi connectivity index (χ0v) is 12.1. The van der Waals surface area contributed by atoms with Crippen molar-refractivity contribution in [3.63, 3.8) is 0 Å². The molecule has 3 N–H and O–H groups in total. The van der Waals surface area contributed by atoms with Crippen molar-refractivity contribution in [1.29, 1.82) is 0 Å². The normalized spacial score (nSPS) is 12.3. The van der Waals surface area contributed by atoms with Crippen LogP contribution in [0.4, 0.5) is 10.8 Å². The molecule has 0 amide bonds. The SMILES string of the molecule is CSc1c(N)nsc1NCC(C)c1ccccc1. The zero-order valence-electron chi connectivity index (χ0n) is 10.5. The van der Waals surface area contributed by atoms with E-state index in [4.69, 9.17) is 5.73 Å². The van der Waals surface area contributed by atoms with Gasteiger partial charge in [0.2, 0.25) is 0 Å². The lowest BCUT2D eigenvalue weighted by Gasteiger charge is -2.13. The summed E-state index contributed by atoms with van der Waals surface area (Å²) in [6, 6.07) is 10.5. The first-order valence-corrected chi connectivity index (χ1v) is 7.80. The molecule has 0 saturated heterocycles. The van der Waals surface area contributed by atoms with E-state index >= 15 is 0 Å². The summed E-state index contributed by atoms with van der Waals surface area (Å²) in [5, 5.41) is 4.51. The molecule has 3 nitrogen and oxygen atoms in total. The predicted octanol–water partition coefficient (Wildman–Crippen LogP) is 3.66. The van der Waals surface area contributed by atoms with Gasteiger partial charge in [-0.3, -0.25) is 0 Å². The third-order valence-corrected chi connectivity index (χ3v) is 4.59. The lowest BCUT2D eigenvalue weighted by molar-refractivity contribution is 0.805. The second-order valence-corrected chi connectivity index (χ2v) is 5.71. The molecule has 0 bridgehead atoms. The van der Waals surface area contributed by atoms with Gasteiger partial charge < -0.3 is 11.1 Å². The molecule has 0 aliphatic heterocycles. The van der Waals surface area contributed by atoms with E-state index in [0.717, 1.165) is 16.4 Å². The van der Waals surface area contributed by atoms with E-state index in [1.54, 1.807) is 11.8 Å². The van der Waals surface area contributed by atoms with Crippen molar-refractivity contribution >= 4 is 34.1 Å². The quantitative estimate of drug-likeness (QED) is 0.820. The van der Waals surface area contributed by atoms with Crippen LogP contribution in [-0.4, -0.2) is 17.2 Å².